The van der Waals surface area contributed by atoms with Gasteiger partial charge in [0.1, 0.15) is 6.04 Å². The molecule has 1 heterocycles. The van der Waals surface area contributed by atoms with Crippen LogP contribution < -0.4 is 10.6 Å². The second-order valence-corrected chi connectivity index (χ2v) is 4.95. The molecular weight excluding hydrogens is 268 g/mol. The number of amides is 2. The molecule has 0 bridgehead atoms. The molecule has 20 heavy (non-hydrogen) atoms. The van der Waals surface area contributed by atoms with Gasteiger partial charge in [0.2, 0.25) is 0 Å². The Bertz CT molecular complexity index is 399. The molecule has 1 aliphatic rings. The normalized spacial score (nSPS) is 26.6. The number of hydrogen-bond acceptors (Lipinski definition) is 5. The van der Waals surface area contributed by atoms with Crippen molar-refractivity contribution in [1.29, 1.82) is 0 Å². The first-order valence-corrected chi connectivity index (χ1v) is 6.28. The van der Waals surface area contributed by atoms with E-state index in [4.69, 9.17) is 9.84 Å². The van der Waals surface area contributed by atoms with Gasteiger partial charge in [-0.25, -0.2) is 9.59 Å². The van der Waals surface area contributed by atoms with Gasteiger partial charge in [0.15, 0.2) is 0 Å². The van der Waals surface area contributed by atoms with E-state index in [-0.39, 0.29) is 6.10 Å². The summed E-state index contributed by atoms with van der Waals surface area (Å²) in [5.41, 5.74) is -0.557. The summed E-state index contributed by atoms with van der Waals surface area (Å²) in [5.74, 6) is -2.01. The number of carboxylic acid groups (broad SMARTS) is 1. The van der Waals surface area contributed by atoms with E-state index in [0.29, 0.717) is 13.0 Å². The van der Waals surface area contributed by atoms with Crippen LogP contribution in [-0.4, -0.2) is 54.5 Å². The molecule has 0 spiro atoms. The molecule has 3 N–H and O–H groups in total. The van der Waals surface area contributed by atoms with Crippen molar-refractivity contribution in [2.75, 3.05) is 13.7 Å². The second kappa shape index (κ2) is 6.56. The second-order valence-electron chi connectivity index (χ2n) is 4.95. The number of carboxylic acids is 1. The molecule has 2 amide bonds. The fourth-order valence-corrected chi connectivity index (χ4v) is 1.90. The zero-order chi connectivity index (χ0) is 15.3. The Morgan fingerprint density at radius 1 is 1.50 bits per heavy atom. The Morgan fingerprint density at radius 3 is 2.60 bits per heavy atom. The zero-order valence-electron chi connectivity index (χ0n) is 11.8. The van der Waals surface area contributed by atoms with E-state index in [1.54, 1.807) is 0 Å². The molecule has 0 aliphatic carbocycles. The predicted octanol–water partition coefficient (Wildman–Crippen LogP) is -0.131. The Hall–Kier alpha value is -1.83. The number of esters is 1. The number of nitrogens with one attached hydrogen (secondary N) is 2. The van der Waals surface area contributed by atoms with E-state index in [9.17, 15) is 14.4 Å². The van der Waals surface area contributed by atoms with Crippen LogP contribution >= 0.6 is 0 Å². The van der Waals surface area contributed by atoms with Crippen molar-refractivity contribution in [2.24, 2.45) is 0 Å². The van der Waals surface area contributed by atoms with Crippen molar-refractivity contribution in [3.8, 4) is 0 Å². The van der Waals surface area contributed by atoms with Crippen LogP contribution in [0.2, 0.25) is 0 Å². The maximum Gasteiger partial charge on any atom is 0.326 e. The molecule has 0 saturated carbocycles. The van der Waals surface area contributed by atoms with Crippen molar-refractivity contribution in [1.82, 2.24) is 10.6 Å². The fourth-order valence-electron chi connectivity index (χ4n) is 1.90. The summed E-state index contributed by atoms with van der Waals surface area (Å²) >= 11 is 0. The van der Waals surface area contributed by atoms with Crippen LogP contribution in [0.15, 0.2) is 0 Å². The summed E-state index contributed by atoms with van der Waals surface area (Å²) < 4.78 is 9.76. The lowest BCUT2D eigenvalue weighted by Crippen LogP contribution is -2.56. The number of rotatable bonds is 5. The molecule has 2 unspecified atom stereocenters. The van der Waals surface area contributed by atoms with Crippen LogP contribution in [0.5, 0.6) is 0 Å². The largest absolute Gasteiger partial charge is 0.480 e. The smallest absolute Gasteiger partial charge is 0.326 e. The van der Waals surface area contributed by atoms with Crippen molar-refractivity contribution in [3.63, 3.8) is 0 Å². The van der Waals surface area contributed by atoms with Gasteiger partial charge in [-0.3, -0.25) is 4.79 Å². The molecule has 3 atom stereocenters. The minimum atomic E-state index is -1.33. The number of hydrogen-bond donors (Lipinski definition) is 3. The molecule has 1 aliphatic heterocycles. The quantitative estimate of drug-likeness (QED) is 0.607. The predicted molar refractivity (Wildman–Crippen MR) is 68.2 cm³/mol. The Morgan fingerprint density at radius 2 is 2.15 bits per heavy atom. The molecular formula is C12H20N2O6. The topological polar surface area (TPSA) is 114 Å². The van der Waals surface area contributed by atoms with Gasteiger partial charge in [-0.2, -0.15) is 0 Å². The van der Waals surface area contributed by atoms with Gasteiger partial charge in [0.25, 0.3) is 0 Å². The maximum atomic E-state index is 11.8. The van der Waals surface area contributed by atoms with Gasteiger partial charge >= 0.3 is 18.0 Å². The lowest BCUT2D eigenvalue weighted by atomic mass is 9.95. The van der Waals surface area contributed by atoms with E-state index in [1.807, 2.05) is 13.8 Å². The standard InChI is InChI=1S/C12H20N2O6/c1-7-12(2,4-5-20-7)14-11(18)13-8(10(16)17)6-9(15)19-3/h7-8H,4-6H2,1-3H3,(H,16,17)(H2,13,14,18)/t7?,8-,12?/m0/s1. The molecule has 0 radical (unpaired) electrons. The Balaban J connectivity index is 2.58. The Labute approximate surface area is 116 Å². The monoisotopic (exact) mass is 288 g/mol. The molecule has 8 heteroatoms. The summed E-state index contributed by atoms with van der Waals surface area (Å²) in [5, 5.41) is 13.9. The van der Waals surface area contributed by atoms with E-state index in [2.05, 4.69) is 15.4 Å². The first kappa shape index (κ1) is 16.2. The van der Waals surface area contributed by atoms with Gasteiger partial charge in [0.05, 0.1) is 25.2 Å². The maximum absolute atomic E-state index is 11.8. The summed E-state index contributed by atoms with van der Waals surface area (Å²) in [6.07, 6.45) is 0.0374. The molecule has 1 rings (SSSR count). The SMILES string of the molecule is COC(=O)C[C@H](NC(=O)NC1(C)CCOC1C)C(=O)O. The summed E-state index contributed by atoms with van der Waals surface area (Å²) in [4.78, 5) is 33.9. The summed E-state index contributed by atoms with van der Waals surface area (Å²) in [6, 6.07) is -1.98. The Kier molecular flexibility index (Phi) is 5.32. The number of urea groups is 1. The minimum Gasteiger partial charge on any atom is -0.480 e. The number of carbonyl (C=O) groups is 3. The number of carbonyl (C=O) groups excluding carboxylic acids is 2. The van der Waals surface area contributed by atoms with Crippen LogP contribution in [0.1, 0.15) is 26.7 Å². The summed E-state index contributed by atoms with van der Waals surface area (Å²) in [6.45, 7) is 4.18. The first-order chi connectivity index (χ1) is 9.28. The highest BCUT2D eigenvalue weighted by Gasteiger charge is 2.39. The van der Waals surface area contributed by atoms with Crippen molar-refractivity contribution >= 4 is 18.0 Å². The van der Waals surface area contributed by atoms with E-state index < -0.39 is 36.0 Å². The zero-order valence-corrected chi connectivity index (χ0v) is 11.8. The van der Waals surface area contributed by atoms with Crippen LogP contribution in [0.25, 0.3) is 0 Å². The molecule has 0 aromatic heterocycles. The van der Waals surface area contributed by atoms with Gasteiger partial charge < -0.3 is 25.2 Å². The first-order valence-electron chi connectivity index (χ1n) is 6.28. The molecule has 1 fully saturated rings. The number of aliphatic carboxylic acids is 1. The van der Waals surface area contributed by atoms with Gasteiger partial charge in [0, 0.05) is 6.61 Å². The van der Waals surface area contributed by atoms with Gasteiger partial charge in [-0.1, -0.05) is 0 Å². The molecule has 1 saturated heterocycles. The summed E-state index contributed by atoms with van der Waals surface area (Å²) in [7, 11) is 1.15. The fraction of sp³-hybridized carbons (Fsp3) is 0.750. The molecule has 8 nitrogen and oxygen atoms in total. The third kappa shape index (κ3) is 4.09. The van der Waals surface area contributed by atoms with Crippen molar-refractivity contribution in [3.05, 3.63) is 0 Å². The van der Waals surface area contributed by atoms with Crippen LogP contribution in [0.4, 0.5) is 4.79 Å². The third-order valence-electron chi connectivity index (χ3n) is 3.49. The highest BCUT2D eigenvalue weighted by molar-refractivity contribution is 5.86. The third-order valence-corrected chi connectivity index (χ3v) is 3.49. The van der Waals surface area contributed by atoms with Crippen molar-refractivity contribution in [2.45, 2.75) is 44.4 Å². The van der Waals surface area contributed by atoms with Crippen LogP contribution in [0, 0.1) is 0 Å². The van der Waals surface area contributed by atoms with Gasteiger partial charge in [-0.05, 0) is 20.3 Å². The lowest BCUT2D eigenvalue weighted by molar-refractivity contribution is -0.147. The average molecular weight is 288 g/mol. The van der Waals surface area contributed by atoms with Crippen LogP contribution in [-0.2, 0) is 19.1 Å². The van der Waals surface area contributed by atoms with Crippen LogP contribution in [0.3, 0.4) is 0 Å². The lowest BCUT2D eigenvalue weighted by Gasteiger charge is -2.29. The highest BCUT2D eigenvalue weighted by atomic mass is 16.5. The van der Waals surface area contributed by atoms with Crippen molar-refractivity contribution < 1.29 is 29.0 Å². The highest BCUT2D eigenvalue weighted by Crippen LogP contribution is 2.24. The number of ether oxygens (including phenoxy) is 2. The minimum absolute atomic E-state index is 0.169. The number of methoxy groups -OCH3 is 1. The molecule has 0 aromatic rings. The van der Waals surface area contributed by atoms with E-state index in [1.165, 1.54) is 0 Å². The average Bonchev–Trinajstić information content (AvgIpc) is 2.67. The molecule has 114 valence electrons. The van der Waals surface area contributed by atoms with E-state index in [0.717, 1.165) is 7.11 Å². The van der Waals surface area contributed by atoms with E-state index >= 15 is 0 Å². The van der Waals surface area contributed by atoms with Gasteiger partial charge in [-0.15, -0.1) is 0 Å². The molecule has 0 aromatic carbocycles.